The molecule has 0 saturated heterocycles. The number of nitrogens with zero attached hydrogens (tertiary/aromatic N) is 1. The summed E-state index contributed by atoms with van der Waals surface area (Å²) in [5.41, 5.74) is 16.5. The number of nitrogens with two attached hydrogens (primary N) is 1. The Morgan fingerprint density at radius 2 is 1.26 bits per heavy atom. The van der Waals surface area contributed by atoms with Crippen molar-refractivity contribution < 1.29 is 0 Å². The topological polar surface area (TPSA) is 38.9 Å². The first-order chi connectivity index (χ1) is 21.2. The summed E-state index contributed by atoms with van der Waals surface area (Å²) in [5.74, 6) is 0. The first kappa shape index (κ1) is 25.3. The van der Waals surface area contributed by atoms with E-state index in [0.717, 1.165) is 34.1 Å². The Labute approximate surface area is 251 Å². The molecule has 0 bridgehead atoms. The maximum atomic E-state index is 6.49. The number of pyridine rings is 1. The lowest BCUT2D eigenvalue weighted by atomic mass is 9.86. The van der Waals surface area contributed by atoms with Crippen molar-refractivity contribution in [3.8, 4) is 33.4 Å². The Hall–Kier alpha value is -5.47. The molecule has 2 nitrogen and oxygen atoms in total. The molecule has 2 N–H and O–H groups in total. The Kier molecular flexibility index (Phi) is 5.94. The summed E-state index contributed by atoms with van der Waals surface area (Å²) in [6.45, 7) is 2.15. The van der Waals surface area contributed by atoms with Crippen LogP contribution >= 0.6 is 0 Å². The zero-order chi connectivity index (χ0) is 28.9. The predicted molar refractivity (Wildman–Crippen MR) is 185 cm³/mol. The van der Waals surface area contributed by atoms with Crippen molar-refractivity contribution in [3.63, 3.8) is 0 Å². The summed E-state index contributed by atoms with van der Waals surface area (Å²) in [7, 11) is 0. The van der Waals surface area contributed by atoms with Crippen LogP contribution in [0.2, 0.25) is 0 Å². The highest BCUT2D eigenvalue weighted by molar-refractivity contribution is 6.27. The molecule has 43 heavy (non-hydrogen) atoms. The van der Waals surface area contributed by atoms with Gasteiger partial charge in [0, 0.05) is 28.4 Å². The van der Waals surface area contributed by atoms with Crippen LogP contribution in [0, 0.1) is 0 Å². The fourth-order valence-electron chi connectivity index (χ4n) is 6.60. The molecular weight excluding hydrogens is 520 g/mol. The quantitative estimate of drug-likeness (QED) is 0.171. The van der Waals surface area contributed by atoms with Crippen molar-refractivity contribution in [2.75, 3.05) is 5.73 Å². The maximum absolute atomic E-state index is 6.49. The van der Waals surface area contributed by atoms with Gasteiger partial charge in [-0.25, -0.2) is 0 Å². The van der Waals surface area contributed by atoms with Crippen LogP contribution in [0.5, 0.6) is 0 Å². The number of allylic oxidation sites excluding steroid dienone is 1. The van der Waals surface area contributed by atoms with Gasteiger partial charge in [0.25, 0.3) is 0 Å². The number of hydrogen-bond donors (Lipinski definition) is 1. The second-order valence-corrected chi connectivity index (χ2v) is 11.3. The van der Waals surface area contributed by atoms with Crippen molar-refractivity contribution in [1.29, 1.82) is 0 Å². The molecule has 7 aromatic carbocycles. The van der Waals surface area contributed by atoms with Crippen molar-refractivity contribution in [3.05, 3.63) is 139 Å². The van der Waals surface area contributed by atoms with Gasteiger partial charge in [0.1, 0.15) is 0 Å². The minimum absolute atomic E-state index is 0.804. The molecule has 0 amide bonds. The molecule has 0 fully saturated rings. The van der Waals surface area contributed by atoms with Crippen molar-refractivity contribution >= 4 is 55.0 Å². The highest BCUT2D eigenvalue weighted by Gasteiger charge is 2.16. The number of hydrogen-bond acceptors (Lipinski definition) is 2. The van der Waals surface area contributed by atoms with E-state index in [-0.39, 0.29) is 0 Å². The molecule has 2 heteroatoms. The predicted octanol–water partition coefficient (Wildman–Crippen LogP) is 11.1. The van der Waals surface area contributed by atoms with Gasteiger partial charge in [0.05, 0.1) is 5.52 Å². The Morgan fingerprint density at radius 1 is 0.581 bits per heavy atom. The summed E-state index contributed by atoms with van der Waals surface area (Å²) in [6.07, 6.45) is 7.28. The fourth-order valence-corrected chi connectivity index (χ4v) is 6.60. The Bertz CT molecular complexity index is 2330. The Balaban J connectivity index is 1.28. The molecule has 0 spiro atoms. The molecule has 0 unspecified atom stereocenters. The van der Waals surface area contributed by atoms with E-state index in [1.54, 1.807) is 0 Å². The zero-order valence-corrected chi connectivity index (χ0v) is 24.0. The molecule has 0 aliphatic rings. The number of aromatic nitrogens is 1. The lowest BCUT2D eigenvalue weighted by molar-refractivity contribution is 1.23. The monoisotopic (exact) mass is 550 g/mol. The third-order valence-electron chi connectivity index (χ3n) is 8.73. The van der Waals surface area contributed by atoms with E-state index in [0.29, 0.717) is 0 Å². The van der Waals surface area contributed by atoms with Crippen LogP contribution in [-0.2, 0) is 0 Å². The smallest absolute Gasteiger partial charge is 0.0702 e. The summed E-state index contributed by atoms with van der Waals surface area (Å²) in [6, 6.07) is 43.7. The molecule has 0 aliphatic heterocycles. The molecule has 0 radical (unpaired) electrons. The van der Waals surface area contributed by atoms with E-state index in [1.807, 2.05) is 18.3 Å². The van der Waals surface area contributed by atoms with Crippen LogP contribution in [0.1, 0.15) is 18.9 Å². The molecule has 0 atom stereocenters. The number of anilines is 1. The molecule has 8 rings (SSSR count). The van der Waals surface area contributed by atoms with Gasteiger partial charge in [0.15, 0.2) is 0 Å². The highest BCUT2D eigenvalue weighted by Crippen LogP contribution is 2.43. The minimum atomic E-state index is 0.804. The lowest BCUT2D eigenvalue weighted by Crippen LogP contribution is -1.94. The van der Waals surface area contributed by atoms with Crippen LogP contribution in [0.3, 0.4) is 0 Å². The van der Waals surface area contributed by atoms with E-state index in [9.17, 15) is 0 Å². The summed E-state index contributed by atoms with van der Waals surface area (Å²) < 4.78 is 0. The normalized spacial score (nSPS) is 11.9. The second-order valence-electron chi connectivity index (χ2n) is 11.3. The van der Waals surface area contributed by atoms with Crippen molar-refractivity contribution in [1.82, 2.24) is 4.98 Å². The van der Waals surface area contributed by atoms with Gasteiger partial charge in [-0.05, 0) is 84.8 Å². The van der Waals surface area contributed by atoms with Gasteiger partial charge in [-0.1, -0.05) is 122 Å². The van der Waals surface area contributed by atoms with Crippen LogP contribution in [0.15, 0.2) is 134 Å². The van der Waals surface area contributed by atoms with Crippen molar-refractivity contribution in [2.45, 2.75) is 13.3 Å². The second kappa shape index (κ2) is 10.1. The van der Waals surface area contributed by atoms with Gasteiger partial charge in [-0.15, -0.1) is 0 Å². The van der Waals surface area contributed by atoms with Crippen molar-refractivity contribution in [2.24, 2.45) is 0 Å². The first-order valence-corrected chi connectivity index (χ1v) is 14.9. The average molecular weight is 551 g/mol. The summed E-state index contributed by atoms with van der Waals surface area (Å²) >= 11 is 0. The average Bonchev–Trinajstić information content (AvgIpc) is 3.06. The van der Waals surface area contributed by atoms with Gasteiger partial charge >= 0.3 is 0 Å². The third-order valence-corrected chi connectivity index (χ3v) is 8.73. The van der Waals surface area contributed by atoms with E-state index < -0.39 is 0 Å². The van der Waals surface area contributed by atoms with Crippen LogP contribution in [0.4, 0.5) is 5.69 Å². The molecule has 8 aromatic rings. The largest absolute Gasteiger partial charge is 0.398 e. The number of fused-ring (bicyclic) bond motifs is 1. The molecule has 0 saturated carbocycles. The van der Waals surface area contributed by atoms with E-state index in [1.165, 1.54) is 60.1 Å². The summed E-state index contributed by atoms with van der Waals surface area (Å²) in [5, 5.41) is 8.80. The molecule has 1 heterocycles. The lowest BCUT2D eigenvalue weighted by Gasteiger charge is -2.18. The van der Waals surface area contributed by atoms with Crippen LogP contribution in [0.25, 0.3) is 82.7 Å². The van der Waals surface area contributed by atoms with Crippen LogP contribution in [-0.4, -0.2) is 4.98 Å². The Morgan fingerprint density at radius 3 is 2.02 bits per heavy atom. The molecule has 1 aromatic heterocycles. The fraction of sp³-hybridized carbons (Fsp3) is 0.0488. The summed E-state index contributed by atoms with van der Waals surface area (Å²) in [4.78, 5) is 4.67. The van der Waals surface area contributed by atoms with E-state index in [4.69, 9.17) is 5.73 Å². The van der Waals surface area contributed by atoms with Gasteiger partial charge in [0.2, 0.25) is 0 Å². The molecule has 0 aliphatic carbocycles. The molecule has 204 valence electrons. The third kappa shape index (κ3) is 4.14. The standard InChI is InChI=1S/C41H30N2/c1-2-3-8-35-33(9-6-10-38(35)42)34-21-17-29-18-22-36-32(20-16-28-19-23-37(34)41(29)40(28)36)27-14-12-26(13-15-27)31-24-30-7-4-5-11-39(30)43-25-31/h3-25H,2,42H2,1H3/b8-3-. The SMILES string of the molecule is CC/C=C\c1c(N)cccc1-c1ccc2ccc3c(-c4ccc(-c5cnc6ccccc6c5)cc4)ccc4ccc1c2c43. The number of rotatable bonds is 5. The number of nitrogen functional groups attached to an aromatic ring is 1. The first-order valence-electron chi connectivity index (χ1n) is 14.9. The zero-order valence-electron chi connectivity index (χ0n) is 24.0. The minimum Gasteiger partial charge on any atom is -0.398 e. The number of benzene rings is 7. The number of para-hydroxylation sites is 1. The van der Waals surface area contributed by atoms with E-state index >= 15 is 0 Å². The molecular formula is C41H30N2. The maximum Gasteiger partial charge on any atom is 0.0702 e. The van der Waals surface area contributed by atoms with E-state index in [2.05, 4.69) is 133 Å². The highest BCUT2D eigenvalue weighted by atomic mass is 14.6. The van der Waals surface area contributed by atoms with Crippen LogP contribution < -0.4 is 5.73 Å². The van der Waals surface area contributed by atoms with Gasteiger partial charge < -0.3 is 5.73 Å². The van der Waals surface area contributed by atoms with Gasteiger partial charge in [-0.3, -0.25) is 4.98 Å². The van der Waals surface area contributed by atoms with Gasteiger partial charge in [-0.2, -0.15) is 0 Å².